The van der Waals surface area contributed by atoms with Crippen molar-refractivity contribution < 1.29 is 9.53 Å². The number of amides is 1. The van der Waals surface area contributed by atoms with Gasteiger partial charge in [0.2, 0.25) is 0 Å². The SMILES string of the molecule is CCCCOC(C)C(=O)Nc1nc2c(s1)CCCCCC2. The van der Waals surface area contributed by atoms with Crippen LogP contribution < -0.4 is 5.32 Å². The van der Waals surface area contributed by atoms with Gasteiger partial charge in [-0.05, 0) is 39.0 Å². The van der Waals surface area contributed by atoms with E-state index in [-0.39, 0.29) is 5.91 Å². The van der Waals surface area contributed by atoms with Gasteiger partial charge in [0.05, 0.1) is 5.69 Å². The molecular formula is C16H26N2O2S. The molecule has 0 fully saturated rings. The molecule has 4 nitrogen and oxygen atoms in total. The molecule has 1 aromatic heterocycles. The van der Waals surface area contributed by atoms with Crippen LogP contribution in [0.3, 0.4) is 0 Å². The number of rotatable bonds is 6. The zero-order valence-corrected chi connectivity index (χ0v) is 13.9. The van der Waals surface area contributed by atoms with Gasteiger partial charge in [-0.25, -0.2) is 4.98 Å². The number of nitrogens with zero attached hydrogens (tertiary/aromatic N) is 1. The molecule has 5 heteroatoms. The summed E-state index contributed by atoms with van der Waals surface area (Å²) in [6, 6.07) is 0. The number of hydrogen-bond donors (Lipinski definition) is 1. The minimum Gasteiger partial charge on any atom is -0.369 e. The minimum absolute atomic E-state index is 0.0900. The smallest absolute Gasteiger partial charge is 0.254 e. The van der Waals surface area contributed by atoms with E-state index in [0.29, 0.717) is 6.61 Å². The molecule has 1 aliphatic rings. The van der Waals surface area contributed by atoms with E-state index in [2.05, 4.69) is 17.2 Å². The third kappa shape index (κ3) is 5.08. The summed E-state index contributed by atoms with van der Waals surface area (Å²) in [5, 5.41) is 3.64. The summed E-state index contributed by atoms with van der Waals surface area (Å²) in [5.74, 6) is -0.0900. The van der Waals surface area contributed by atoms with Gasteiger partial charge < -0.3 is 4.74 Å². The summed E-state index contributed by atoms with van der Waals surface area (Å²) in [4.78, 5) is 18.0. The molecule has 0 bridgehead atoms. The van der Waals surface area contributed by atoms with Crippen LogP contribution in [0.4, 0.5) is 5.13 Å². The topological polar surface area (TPSA) is 51.2 Å². The van der Waals surface area contributed by atoms with E-state index >= 15 is 0 Å². The van der Waals surface area contributed by atoms with Crippen LogP contribution in [0.1, 0.15) is 62.9 Å². The Morgan fingerprint density at radius 1 is 1.33 bits per heavy atom. The summed E-state index contributed by atoms with van der Waals surface area (Å²) >= 11 is 1.63. The first kappa shape index (κ1) is 16.4. The van der Waals surface area contributed by atoms with E-state index in [9.17, 15) is 4.79 Å². The lowest BCUT2D eigenvalue weighted by molar-refractivity contribution is -0.126. The van der Waals surface area contributed by atoms with E-state index in [4.69, 9.17) is 4.74 Å². The fraction of sp³-hybridized carbons (Fsp3) is 0.750. The standard InChI is InChI=1S/C16H26N2O2S/c1-3-4-11-20-12(2)15(19)18-16-17-13-9-7-5-6-8-10-14(13)21-16/h12H,3-11H2,1-2H3,(H,17,18,19). The quantitative estimate of drug-likeness (QED) is 0.810. The molecule has 1 aromatic rings. The fourth-order valence-corrected chi connectivity index (χ4v) is 3.50. The molecule has 0 radical (unpaired) electrons. The molecule has 0 aromatic carbocycles. The Bertz CT molecular complexity index is 434. The number of ether oxygens (including phenoxy) is 1. The summed E-state index contributed by atoms with van der Waals surface area (Å²) in [5.41, 5.74) is 1.19. The monoisotopic (exact) mass is 310 g/mol. The molecule has 21 heavy (non-hydrogen) atoms. The van der Waals surface area contributed by atoms with E-state index < -0.39 is 6.10 Å². The Labute approximate surface area is 131 Å². The van der Waals surface area contributed by atoms with Gasteiger partial charge in [0, 0.05) is 11.5 Å². The van der Waals surface area contributed by atoms with Crippen molar-refractivity contribution in [1.82, 2.24) is 4.98 Å². The number of nitrogens with one attached hydrogen (secondary N) is 1. The maximum Gasteiger partial charge on any atom is 0.254 e. The highest BCUT2D eigenvalue weighted by Crippen LogP contribution is 2.28. The third-order valence-corrected chi connectivity index (χ3v) is 4.88. The first-order valence-corrected chi connectivity index (χ1v) is 8.93. The molecule has 2 rings (SSSR count). The average Bonchev–Trinajstić information content (AvgIpc) is 2.80. The highest BCUT2D eigenvalue weighted by atomic mass is 32.1. The maximum atomic E-state index is 12.1. The maximum absolute atomic E-state index is 12.1. The van der Waals surface area contributed by atoms with Crippen molar-refractivity contribution in [1.29, 1.82) is 0 Å². The first-order chi connectivity index (χ1) is 10.2. The Morgan fingerprint density at radius 3 is 2.86 bits per heavy atom. The lowest BCUT2D eigenvalue weighted by atomic mass is 10.0. The number of aromatic nitrogens is 1. The number of fused-ring (bicyclic) bond motifs is 1. The number of anilines is 1. The van der Waals surface area contributed by atoms with Crippen LogP contribution in [0.15, 0.2) is 0 Å². The zero-order chi connectivity index (χ0) is 15.1. The van der Waals surface area contributed by atoms with Gasteiger partial charge in [-0.1, -0.05) is 26.2 Å². The van der Waals surface area contributed by atoms with Gasteiger partial charge in [0.1, 0.15) is 6.10 Å². The van der Waals surface area contributed by atoms with Crippen molar-refractivity contribution in [2.45, 2.75) is 71.3 Å². The second-order valence-corrected chi connectivity index (χ2v) is 6.74. The van der Waals surface area contributed by atoms with E-state index in [1.54, 1.807) is 18.3 Å². The molecule has 1 aliphatic carbocycles. The Morgan fingerprint density at radius 2 is 2.10 bits per heavy atom. The first-order valence-electron chi connectivity index (χ1n) is 8.11. The van der Waals surface area contributed by atoms with Crippen molar-refractivity contribution in [2.24, 2.45) is 0 Å². The lowest BCUT2D eigenvalue weighted by Crippen LogP contribution is -2.28. The number of hydrogen-bond acceptors (Lipinski definition) is 4. The molecule has 0 aliphatic heterocycles. The molecular weight excluding hydrogens is 284 g/mol. The van der Waals surface area contributed by atoms with Gasteiger partial charge in [-0.15, -0.1) is 11.3 Å². The van der Waals surface area contributed by atoms with Crippen molar-refractivity contribution in [3.63, 3.8) is 0 Å². The van der Waals surface area contributed by atoms with Crippen LogP contribution in [-0.4, -0.2) is 23.6 Å². The average molecular weight is 310 g/mol. The zero-order valence-electron chi connectivity index (χ0n) is 13.1. The number of unbranched alkanes of at least 4 members (excludes halogenated alkanes) is 1. The lowest BCUT2D eigenvalue weighted by Gasteiger charge is -2.11. The second-order valence-electron chi connectivity index (χ2n) is 5.66. The summed E-state index contributed by atoms with van der Waals surface area (Å²) in [6.45, 7) is 4.55. The predicted molar refractivity (Wildman–Crippen MR) is 86.9 cm³/mol. The van der Waals surface area contributed by atoms with Crippen molar-refractivity contribution in [3.8, 4) is 0 Å². The summed E-state index contributed by atoms with van der Waals surface area (Å²) < 4.78 is 5.52. The summed E-state index contributed by atoms with van der Waals surface area (Å²) in [6.07, 6.45) is 8.84. The predicted octanol–water partition coefficient (Wildman–Crippen LogP) is 3.95. The number of aryl methyl sites for hydroxylation is 2. The Kier molecular flexibility index (Phi) is 6.64. The molecule has 0 saturated heterocycles. The number of carbonyl (C=O) groups is 1. The van der Waals surface area contributed by atoms with Gasteiger partial charge in [-0.3, -0.25) is 10.1 Å². The Hall–Kier alpha value is -0.940. The van der Waals surface area contributed by atoms with Gasteiger partial charge >= 0.3 is 0 Å². The third-order valence-electron chi connectivity index (χ3n) is 3.81. The molecule has 1 heterocycles. The second kappa shape index (κ2) is 8.49. The van der Waals surface area contributed by atoms with E-state index in [1.165, 1.54) is 36.3 Å². The van der Waals surface area contributed by atoms with Gasteiger partial charge in [-0.2, -0.15) is 0 Å². The minimum atomic E-state index is -0.414. The highest BCUT2D eigenvalue weighted by molar-refractivity contribution is 7.15. The van der Waals surface area contributed by atoms with Crippen LogP contribution >= 0.6 is 11.3 Å². The summed E-state index contributed by atoms with van der Waals surface area (Å²) in [7, 11) is 0. The molecule has 0 saturated carbocycles. The Balaban J connectivity index is 1.90. The van der Waals surface area contributed by atoms with Crippen molar-refractivity contribution >= 4 is 22.4 Å². The largest absolute Gasteiger partial charge is 0.369 e. The normalized spacial score (nSPS) is 16.7. The molecule has 1 unspecified atom stereocenters. The van der Waals surface area contributed by atoms with Crippen molar-refractivity contribution in [3.05, 3.63) is 10.6 Å². The van der Waals surface area contributed by atoms with E-state index in [0.717, 1.165) is 30.8 Å². The molecule has 118 valence electrons. The number of thiazole rings is 1. The molecule has 1 amide bonds. The number of carbonyl (C=O) groups excluding carboxylic acids is 1. The van der Waals surface area contributed by atoms with E-state index in [1.807, 2.05) is 0 Å². The van der Waals surface area contributed by atoms with Crippen LogP contribution in [0, 0.1) is 0 Å². The van der Waals surface area contributed by atoms with Crippen LogP contribution in [0.25, 0.3) is 0 Å². The van der Waals surface area contributed by atoms with Crippen LogP contribution in [0.2, 0.25) is 0 Å². The molecule has 1 N–H and O–H groups in total. The van der Waals surface area contributed by atoms with Gasteiger partial charge in [0.25, 0.3) is 5.91 Å². The highest BCUT2D eigenvalue weighted by Gasteiger charge is 2.18. The molecule has 1 atom stereocenters. The molecule has 0 spiro atoms. The fourth-order valence-electron chi connectivity index (χ4n) is 2.45. The van der Waals surface area contributed by atoms with Gasteiger partial charge in [0.15, 0.2) is 5.13 Å². The van der Waals surface area contributed by atoms with Crippen LogP contribution in [-0.2, 0) is 22.4 Å². The van der Waals surface area contributed by atoms with Crippen LogP contribution in [0.5, 0.6) is 0 Å². The van der Waals surface area contributed by atoms with Crippen molar-refractivity contribution in [2.75, 3.05) is 11.9 Å².